The molecular formula is C13H17N3S. The van der Waals surface area contributed by atoms with Crippen molar-refractivity contribution in [2.45, 2.75) is 19.4 Å². The molecule has 2 aromatic rings. The fourth-order valence-corrected chi connectivity index (χ4v) is 3.08. The van der Waals surface area contributed by atoms with E-state index in [-0.39, 0.29) is 0 Å². The highest BCUT2D eigenvalue weighted by Crippen LogP contribution is 2.24. The summed E-state index contributed by atoms with van der Waals surface area (Å²) in [6.07, 6.45) is 6.76. The van der Waals surface area contributed by atoms with Crippen LogP contribution in [0.1, 0.15) is 12.8 Å². The summed E-state index contributed by atoms with van der Waals surface area (Å²) < 4.78 is 2.09. The second kappa shape index (κ2) is 5.02. The summed E-state index contributed by atoms with van der Waals surface area (Å²) in [4.78, 5) is 1.30. The topological polar surface area (TPSA) is 29.9 Å². The smallest absolute Gasteiger partial charge is 0.0576 e. The fourth-order valence-electron chi connectivity index (χ4n) is 2.38. The molecule has 0 amide bonds. The van der Waals surface area contributed by atoms with Gasteiger partial charge in [0, 0.05) is 23.2 Å². The molecule has 0 radical (unpaired) electrons. The summed E-state index contributed by atoms with van der Waals surface area (Å²) in [6, 6.07) is 4.23. The minimum absolute atomic E-state index is 0.736. The van der Waals surface area contributed by atoms with Crippen molar-refractivity contribution in [3.05, 3.63) is 29.9 Å². The van der Waals surface area contributed by atoms with Crippen molar-refractivity contribution in [2.75, 3.05) is 13.1 Å². The van der Waals surface area contributed by atoms with Gasteiger partial charge in [-0.1, -0.05) is 6.07 Å². The third kappa shape index (κ3) is 2.58. The molecule has 3 nitrogen and oxygen atoms in total. The maximum Gasteiger partial charge on any atom is 0.0576 e. The molecule has 1 fully saturated rings. The van der Waals surface area contributed by atoms with Gasteiger partial charge in [-0.25, -0.2) is 0 Å². The first-order valence-electron chi connectivity index (χ1n) is 6.19. The maximum absolute atomic E-state index is 4.46. The largest absolute Gasteiger partial charge is 0.316 e. The number of nitrogens with one attached hydrogen (secondary N) is 1. The highest BCUT2D eigenvalue weighted by molar-refractivity contribution is 7.13. The van der Waals surface area contributed by atoms with E-state index >= 15 is 0 Å². The normalized spacial score (nSPS) is 20.6. The highest BCUT2D eigenvalue weighted by Gasteiger charge is 2.14. The van der Waals surface area contributed by atoms with Gasteiger partial charge < -0.3 is 5.32 Å². The monoisotopic (exact) mass is 247 g/mol. The zero-order valence-electron chi connectivity index (χ0n) is 9.80. The number of rotatable bonds is 3. The Kier molecular flexibility index (Phi) is 3.25. The average Bonchev–Trinajstić information content (AvgIpc) is 3.00. The number of aromatic nitrogens is 2. The molecule has 1 aliphatic heterocycles. The molecule has 1 aliphatic rings. The SMILES string of the molecule is c1csc(-c2cnn(C[C@@H]3CCCNC3)c2)c1. The Morgan fingerprint density at radius 2 is 2.53 bits per heavy atom. The first-order chi connectivity index (χ1) is 8.42. The average molecular weight is 247 g/mol. The molecule has 0 spiro atoms. The van der Waals surface area contributed by atoms with E-state index in [1.807, 2.05) is 6.20 Å². The van der Waals surface area contributed by atoms with Crippen LogP contribution < -0.4 is 5.32 Å². The summed E-state index contributed by atoms with van der Waals surface area (Å²) in [5.74, 6) is 0.736. The van der Waals surface area contributed by atoms with Crippen LogP contribution >= 0.6 is 11.3 Å². The lowest BCUT2D eigenvalue weighted by molar-refractivity contribution is 0.325. The zero-order chi connectivity index (χ0) is 11.5. The van der Waals surface area contributed by atoms with Crippen LogP contribution in [0.15, 0.2) is 29.9 Å². The third-order valence-corrected chi connectivity index (χ3v) is 4.20. The van der Waals surface area contributed by atoms with Gasteiger partial charge in [0.2, 0.25) is 0 Å². The molecule has 1 atom stereocenters. The first kappa shape index (κ1) is 11.0. The summed E-state index contributed by atoms with van der Waals surface area (Å²) in [5, 5.41) is 10.0. The van der Waals surface area contributed by atoms with Crippen molar-refractivity contribution in [3.63, 3.8) is 0 Å². The summed E-state index contributed by atoms with van der Waals surface area (Å²) in [6.45, 7) is 3.35. The zero-order valence-corrected chi connectivity index (χ0v) is 10.6. The number of hydrogen-bond donors (Lipinski definition) is 1. The molecule has 0 unspecified atom stereocenters. The molecule has 1 N–H and O–H groups in total. The van der Waals surface area contributed by atoms with Crippen LogP contribution in [0.4, 0.5) is 0 Å². The third-order valence-electron chi connectivity index (χ3n) is 3.28. The minimum Gasteiger partial charge on any atom is -0.316 e. The lowest BCUT2D eigenvalue weighted by Gasteiger charge is -2.22. The molecule has 3 heterocycles. The van der Waals surface area contributed by atoms with Gasteiger partial charge in [0.1, 0.15) is 0 Å². The maximum atomic E-state index is 4.46. The van der Waals surface area contributed by atoms with E-state index in [0.29, 0.717) is 0 Å². The van der Waals surface area contributed by atoms with Gasteiger partial charge in [-0.05, 0) is 43.3 Å². The van der Waals surface area contributed by atoms with E-state index in [1.54, 1.807) is 11.3 Å². The van der Waals surface area contributed by atoms with Crippen LogP contribution in [0.25, 0.3) is 10.4 Å². The molecule has 2 aromatic heterocycles. The van der Waals surface area contributed by atoms with Crippen molar-refractivity contribution in [2.24, 2.45) is 5.92 Å². The van der Waals surface area contributed by atoms with E-state index in [2.05, 4.69) is 38.8 Å². The van der Waals surface area contributed by atoms with Crippen molar-refractivity contribution >= 4 is 11.3 Å². The lowest BCUT2D eigenvalue weighted by atomic mass is 10.00. The van der Waals surface area contributed by atoms with E-state index in [0.717, 1.165) is 19.0 Å². The minimum atomic E-state index is 0.736. The first-order valence-corrected chi connectivity index (χ1v) is 7.07. The Morgan fingerprint density at radius 1 is 1.53 bits per heavy atom. The van der Waals surface area contributed by atoms with Crippen molar-refractivity contribution in [3.8, 4) is 10.4 Å². The number of piperidine rings is 1. The molecule has 1 saturated heterocycles. The van der Waals surface area contributed by atoms with E-state index in [1.165, 1.54) is 29.8 Å². The van der Waals surface area contributed by atoms with Crippen molar-refractivity contribution in [1.29, 1.82) is 0 Å². The second-order valence-corrected chi connectivity index (χ2v) is 5.59. The van der Waals surface area contributed by atoms with Crippen LogP contribution in [0.5, 0.6) is 0 Å². The van der Waals surface area contributed by atoms with Crippen LogP contribution in [0.2, 0.25) is 0 Å². The summed E-state index contributed by atoms with van der Waals surface area (Å²) in [7, 11) is 0. The van der Waals surface area contributed by atoms with E-state index in [9.17, 15) is 0 Å². The fraction of sp³-hybridized carbons (Fsp3) is 0.462. The molecule has 4 heteroatoms. The van der Waals surface area contributed by atoms with Gasteiger partial charge in [-0.15, -0.1) is 11.3 Å². The Labute approximate surface area is 105 Å². The summed E-state index contributed by atoms with van der Waals surface area (Å²) in [5.41, 5.74) is 1.24. The number of nitrogens with zero attached hydrogens (tertiary/aromatic N) is 2. The van der Waals surface area contributed by atoms with E-state index < -0.39 is 0 Å². The molecule has 0 bridgehead atoms. The second-order valence-electron chi connectivity index (χ2n) is 4.64. The standard InChI is InChI=1S/C13H17N3S/c1-3-11(7-14-5-1)9-16-10-12(8-15-16)13-4-2-6-17-13/h2,4,6,8,10-11,14H,1,3,5,7,9H2/t11-/m1/s1. The lowest BCUT2D eigenvalue weighted by Crippen LogP contribution is -2.32. The molecule has 17 heavy (non-hydrogen) atoms. The highest BCUT2D eigenvalue weighted by atomic mass is 32.1. The molecular weight excluding hydrogens is 230 g/mol. The Balaban J connectivity index is 1.68. The van der Waals surface area contributed by atoms with Crippen LogP contribution in [0, 0.1) is 5.92 Å². The van der Waals surface area contributed by atoms with E-state index in [4.69, 9.17) is 0 Å². The van der Waals surface area contributed by atoms with Gasteiger partial charge in [0.05, 0.1) is 6.20 Å². The quantitative estimate of drug-likeness (QED) is 0.903. The molecule has 0 aliphatic carbocycles. The Hall–Kier alpha value is -1.13. The van der Waals surface area contributed by atoms with Crippen LogP contribution in [-0.2, 0) is 6.54 Å². The van der Waals surface area contributed by atoms with Crippen LogP contribution in [-0.4, -0.2) is 22.9 Å². The molecule has 3 rings (SSSR count). The molecule has 90 valence electrons. The molecule has 0 aromatic carbocycles. The van der Waals surface area contributed by atoms with Gasteiger partial charge in [-0.2, -0.15) is 5.10 Å². The molecule has 0 saturated carbocycles. The van der Waals surface area contributed by atoms with Crippen LogP contribution in [0.3, 0.4) is 0 Å². The summed E-state index contributed by atoms with van der Waals surface area (Å²) >= 11 is 1.77. The van der Waals surface area contributed by atoms with Gasteiger partial charge in [0.25, 0.3) is 0 Å². The van der Waals surface area contributed by atoms with Crippen molar-refractivity contribution < 1.29 is 0 Å². The number of thiophene rings is 1. The van der Waals surface area contributed by atoms with Gasteiger partial charge in [-0.3, -0.25) is 4.68 Å². The van der Waals surface area contributed by atoms with Crippen molar-refractivity contribution in [1.82, 2.24) is 15.1 Å². The van der Waals surface area contributed by atoms with Gasteiger partial charge >= 0.3 is 0 Å². The Bertz CT molecular complexity index is 455. The predicted octanol–water partition coefficient (Wildman–Crippen LogP) is 2.61. The predicted molar refractivity (Wildman–Crippen MR) is 71.1 cm³/mol. The van der Waals surface area contributed by atoms with Gasteiger partial charge in [0.15, 0.2) is 0 Å². The Morgan fingerprint density at radius 3 is 3.29 bits per heavy atom. The number of hydrogen-bond acceptors (Lipinski definition) is 3.